The summed E-state index contributed by atoms with van der Waals surface area (Å²) in [4.78, 5) is 28.2. The molecule has 5 nitrogen and oxygen atoms in total. The number of alkyl halides is 12. The van der Waals surface area contributed by atoms with Crippen molar-refractivity contribution in [1.29, 1.82) is 0 Å². The van der Waals surface area contributed by atoms with Crippen molar-refractivity contribution in [3.8, 4) is 0 Å². The molecule has 1 unspecified atom stereocenters. The summed E-state index contributed by atoms with van der Waals surface area (Å²) in [6.07, 6.45) is -19.5. The summed E-state index contributed by atoms with van der Waals surface area (Å²) in [5.74, 6) is -12.7. The predicted molar refractivity (Wildman–Crippen MR) is 131 cm³/mol. The minimum absolute atomic E-state index is 0.302. The standard InChI is InChI=1S/C24H10F14IN3O2/c25-15-5-4-9(8-40-15)18(43)41-14-3-1-2-11(16(14)26)19(44)42-17-12(21(28,29)30)6-10(7-13(17)39)20(27,23(33,34)35)22(31,32)24(36,37)38/h1-8H,(H,41,43)(H,42,44). The number of anilines is 2. The van der Waals surface area contributed by atoms with Gasteiger partial charge in [-0.25, -0.2) is 13.8 Å². The zero-order chi connectivity index (χ0) is 33.6. The van der Waals surface area contributed by atoms with E-state index in [1.807, 2.05) is 5.32 Å². The fourth-order valence-electron chi connectivity index (χ4n) is 3.56. The highest BCUT2D eigenvalue weighted by molar-refractivity contribution is 14.1. The molecule has 44 heavy (non-hydrogen) atoms. The van der Waals surface area contributed by atoms with Crippen molar-refractivity contribution in [3.05, 3.63) is 86.3 Å². The number of benzene rings is 2. The third-order valence-electron chi connectivity index (χ3n) is 5.69. The van der Waals surface area contributed by atoms with E-state index in [-0.39, 0.29) is 5.56 Å². The average molecular weight is 765 g/mol. The fraction of sp³-hybridized carbons (Fsp3) is 0.208. The first kappa shape index (κ1) is 34.8. The van der Waals surface area contributed by atoms with E-state index in [0.717, 1.165) is 30.5 Å². The van der Waals surface area contributed by atoms with Gasteiger partial charge in [-0.2, -0.15) is 52.7 Å². The summed E-state index contributed by atoms with van der Waals surface area (Å²) in [7, 11) is 0. The lowest BCUT2D eigenvalue weighted by Gasteiger charge is -2.36. The average Bonchev–Trinajstić information content (AvgIpc) is 2.88. The maximum absolute atomic E-state index is 15.1. The van der Waals surface area contributed by atoms with Crippen LogP contribution in [0.1, 0.15) is 31.8 Å². The number of aromatic nitrogens is 1. The number of nitrogens with zero attached hydrogens (tertiary/aromatic N) is 1. The zero-order valence-electron chi connectivity index (χ0n) is 20.6. The van der Waals surface area contributed by atoms with Gasteiger partial charge in [0.15, 0.2) is 5.82 Å². The van der Waals surface area contributed by atoms with E-state index < -0.39 is 97.5 Å². The summed E-state index contributed by atoms with van der Waals surface area (Å²) in [5.41, 5.74) is -15.7. The van der Waals surface area contributed by atoms with Crippen molar-refractivity contribution in [1.82, 2.24) is 4.98 Å². The molecule has 0 bridgehead atoms. The van der Waals surface area contributed by atoms with Crippen LogP contribution in [-0.2, 0) is 11.8 Å². The van der Waals surface area contributed by atoms with Gasteiger partial charge in [-0.3, -0.25) is 9.59 Å². The van der Waals surface area contributed by atoms with Gasteiger partial charge in [0.25, 0.3) is 11.8 Å². The van der Waals surface area contributed by atoms with Crippen LogP contribution in [-0.4, -0.2) is 35.1 Å². The predicted octanol–water partition coefficient (Wildman–Crippen LogP) is 8.41. The number of rotatable bonds is 6. The van der Waals surface area contributed by atoms with E-state index in [9.17, 15) is 66.7 Å². The molecule has 1 heterocycles. The van der Waals surface area contributed by atoms with Crippen LogP contribution in [0.2, 0.25) is 0 Å². The van der Waals surface area contributed by atoms with Crippen molar-refractivity contribution < 1.29 is 71.1 Å². The molecule has 0 aliphatic carbocycles. The summed E-state index contributed by atoms with van der Waals surface area (Å²) in [6.45, 7) is 0. The molecule has 20 heteroatoms. The highest BCUT2D eigenvalue weighted by atomic mass is 127. The Hall–Kier alpha value is -3.72. The van der Waals surface area contributed by atoms with Crippen molar-refractivity contribution >= 4 is 45.8 Å². The molecule has 1 aromatic heterocycles. The van der Waals surface area contributed by atoms with E-state index in [2.05, 4.69) is 4.98 Å². The number of hydrogen-bond donors (Lipinski definition) is 2. The van der Waals surface area contributed by atoms with Crippen LogP contribution in [0.25, 0.3) is 0 Å². The van der Waals surface area contributed by atoms with Gasteiger partial charge >= 0.3 is 30.1 Å². The molecular formula is C24H10F14IN3O2. The number of carbonyl (C=O) groups excluding carboxylic acids is 2. The van der Waals surface area contributed by atoms with Gasteiger partial charge in [0.05, 0.1) is 28.1 Å². The van der Waals surface area contributed by atoms with Crippen LogP contribution in [0.4, 0.5) is 72.8 Å². The quantitative estimate of drug-likeness (QED) is 0.151. The van der Waals surface area contributed by atoms with Crippen LogP contribution in [0, 0.1) is 15.3 Å². The number of pyridine rings is 1. The molecule has 0 saturated heterocycles. The minimum Gasteiger partial charge on any atom is -0.320 e. The molecule has 0 aliphatic rings. The smallest absolute Gasteiger partial charge is 0.320 e. The van der Waals surface area contributed by atoms with Crippen molar-refractivity contribution in [2.24, 2.45) is 0 Å². The van der Waals surface area contributed by atoms with E-state index in [1.165, 1.54) is 5.32 Å². The Morgan fingerprint density at radius 1 is 0.750 bits per heavy atom. The van der Waals surface area contributed by atoms with E-state index in [0.29, 0.717) is 28.7 Å². The maximum atomic E-state index is 15.1. The van der Waals surface area contributed by atoms with Crippen molar-refractivity contribution in [2.75, 3.05) is 10.6 Å². The topological polar surface area (TPSA) is 71.1 Å². The molecule has 3 aromatic rings. The first-order chi connectivity index (χ1) is 19.9. The molecule has 0 saturated carbocycles. The molecule has 1 atom stereocenters. The zero-order valence-corrected chi connectivity index (χ0v) is 22.7. The van der Waals surface area contributed by atoms with Crippen LogP contribution >= 0.6 is 22.6 Å². The molecule has 0 spiro atoms. The number of hydrogen-bond acceptors (Lipinski definition) is 3. The van der Waals surface area contributed by atoms with Crippen LogP contribution in [0.5, 0.6) is 0 Å². The second kappa shape index (κ2) is 11.7. The van der Waals surface area contributed by atoms with Crippen LogP contribution in [0.3, 0.4) is 0 Å². The Labute approximate surface area is 248 Å². The lowest BCUT2D eigenvalue weighted by atomic mass is 9.86. The molecule has 0 aliphatic heterocycles. The van der Waals surface area contributed by atoms with Gasteiger partial charge in [0.1, 0.15) is 0 Å². The van der Waals surface area contributed by atoms with Crippen molar-refractivity contribution in [3.63, 3.8) is 0 Å². The van der Waals surface area contributed by atoms with Gasteiger partial charge in [-0.05, 0) is 59.0 Å². The van der Waals surface area contributed by atoms with Gasteiger partial charge < -0.3 is 10.6 Å². The molecule has 2 aromatic carbocycles. The van der Waals surface area contributed by atoms with Gasteiger partial charge in [-0.1, -0.05) is 6.07 Å². The second-order valence-corrected chi connectivity index (χ2v) is 9.71. The number of carbonyl (C=O) groups is 2. The SMILES string of the molecule is O=C(Nc1cccc(C(=O)Nc2c(I)cc(C(F)(C(F)(F)F)C(F)(F)C(F)(F)F)cc2C(F)(F)F)c1F)c1ccc(F)nc1. The van der Waals surface area contributed by atoms with Gasteiger partial charge in [0.2, 0.25) is 5.95 Å². The Balaban J connectivity index is 2.09. The fourth-order valence-corrected chi connectivity index (χ4v) is 4.32. The minimum atomic E-state index is -7.28. The Bertz CT molecular complexity index is 1590. The molecule has 2 amide bonds. The molecule has 238 valence electrons. The summed E-state index contributed by atoms with van der Waals surface area (Å²) < 4.78 is 190. The maximum Gasteiger partial charge on any atom is 0.457 e. The molecule has 2 N–H and O–H groups in total. The van der Waals surface area contributed by atoms with Crippen LogP contribution < -0.4 is 10.6 Å². The van der Waals surface area contributed by atoms with Crippen LogP contribution in [0.15, 0.2) is 48.7 Å². The molecule has 3 rings (SSSR count). The van der Waals surface area contributed by atoms with Crippen molar-refractivity contribution in [2.45, 2.75) is 30.1 Å². The Morgan fingerprint density at radius 3 is 1.86 bits per heavy atom. The monoisotopic (exact) mass is 765 g/mol. The Morgan fingerprint density at radius 2 is 1.36 bits per heavy atom. The molecular weight excluding hydrogens is 755 g/mol. The van der Waals surface area contributed by atoms with E-state index in [1.54, 1.807) is 0 Å². The van der Waals surface area contributed by atoms with E-state index in [4.69, 9.17) is 0 Å². The second-order valence-electron chi connectivity index (χ2n) is 8.55. The summed E-state index contributed by atoms with van der Waals surface area (Å²) in [5, 5.41) is 3.43. The third-order valence-corrected chi connectivity index (χ3v) is 6.54. The number of halogens is 15. The largest absolute Gasteiger partial charge is 0.457 e. The molecule has 0 radical (unpaired) electrons. The normalized spacial score (nSPS) is 14.2. The summed E-state index contributed by atoms with van der Waals surface area (Å²) in [6, 6.07) is 2.73. The van der Waals surface area contributed by atoms with E-state index >= 15 is 4.39 Å². The highest BCUT2D eigenvalue weighted by Gasteiger charge is 2.82. The lowest BCUT2D eigenvalue weighted by Crippen LogP contribution is -2.59. The first-order valence-corrected chi connectivity index (χ1v) is 12.2. The number of amides is 2. The lowest BCUT2D eigenvalue weighted by molar-refractivity contribution is -0.389. The summed E-state index contributed by atoms with van der Waals surface area (Å²) >= 11 is 0.704. The van der Waals surface area contributed by atoms with Gasteiger partial charge in [0, 0.05) is 15.3 Å². The first-order valence-electron chi connectivity index (χ1n) is 11.1. The molecule has 0 fully saturated rings. The third kappa shape index (κ3) is 6.39. The Kier molecular flexibility index (Phi) is 9.21. The number of nitrogens with one attached hydrogen (secondary N) is 2. The highest BCUT2D eigenvalue weighted by Crippen LogP contribution is 2.59. The van der Waals surface area contributed by atoms with Gasteiger partial charge in [-0.15, -0.1) is 0 Å².